The summed E-state index contributed by atoms with van der Waals surface area (Å²) in [4.78, 5) is 15.1. The zero-order valence-corrected chi connectivity index (χ0v) is 11.1. The minimum absolute atomic E-state index is 0.433. The van der Waals surface area contributed by atoms with E-state index < -0.39 is 5.91 Å². The molecule has 5 N–H and O–H groups in total. The summed E-state index contributed by atoms with van der Waals surface area (Å²) in [6, 6.07) is 3.49. The van der Waals surface area contributed by atoms with Crippen molar-refractivity contribution in [1.29, 1.82) is 0 Å². The highest BCUT2D eigenvalue weighted by molar-refractivity contribution is 5.92. The van der Waals surface area contributed by atoms with Crippen LogP contribution in [-0.4, -0.2) is 24.0 Å². The van der Waals surface area contributed by atoms with E-state index in [4.69, 9.17) is 11.5 Å². The number of primary amides is 1. The first-order chi connectivity index (χ1) is 9.20. The van der Waals surface area contributed by atoms with Crippen molar-refractivity contribution in [3.8, 4) is 0 Å². The Morgan fingerprint density at radius 3 is 2.63 bits per heavy atom. The second kappa shape index (κ2) is 6.52. The van der Waals surface area contributed by atoms with Gasteiger partial charge in [0.15, 0.2) is 0 Å². The molecule has 0 saturated heterocycles. The summed E-state index contributed by atoms with van der Waals surface area (Å²) in [7, 11) is 0. The Labute approximate surface area is 113 Å². The molecule has 5 heteroatoms. The largest absolute Gasteiger partial charge is 0.370 e. The van der Waals surface area contributed by atoms with E-state index in [-0.39, 0.29) is 0 Å². The third kappa shape index (κ3) is 3.67. The molecule has 0 aromatic carbocycles. The molecule has 2 atom stereocenters. The van der Waals surface area contributed by atoms with Gasteiger partial charge in [-0.15, -0.1) is 0 Å². The van der Waals surface area contributed by atoms with Crippen LogP contribution in [0.5, 0.6) is 0 Å². The third-order valence-electron chi connectivity index (χ3n) is 3.96. The number of carbonyl (C=O) groups is 1. The summed E-state index contributed by atoms with van der Waals surface area (Å²) in [5, 5.41) is 3.33. The fraction of sp³-hybridized carbons (Fsp3) is 0.571. The molecule has 0 spiro atoms. The van der Waals surface area contributed by atoms with Gasteiger partial charge in [-0.05, 0) is 43.4 Å². The van der Waals surface area contributed by atoms with Gasteiger partial charge in [0, 0.05) is 12.7 Å². The van der Waals surface area contributed by atoms with Crippen LogP contribution in [0.4, 0.5) is 5.82 Å². The molecule has 2 rings (SSSR count). The van der Waals surface area contributed by atoms with Gasteiger partial charge in [-0.2, -0.15) is 0 Å². The first-order valence-electron chi connectivity index (χ1n) is 6.90. The number of hydrogen-bond donors (Lipinski definition) is 3. The van der Waals surface area contributed by atoms with E-state index in [1.807, 2.05) is 0 Å². The van der Waals surface area contributed by atoms with Crippen LogP contribution < -0.4 is 16.8 Å². The topological polar surface area (TPSA) is 94.0 Å². The Morgan fingerprint density at radius 2 is 2.05 bits per heavy atom. The second-order valence-electron chi connectivity index (χ2n) is 5.22. The maximum absolute atomic E-state index is 10.9. The quantitative estimate of drug-likeness (QED) is 0.746. The fourth-order valence-corrected chi connectivity index (χ4v) is 2.74. The van der Waals surface area contributed by atoms with Crippen molar-refractivity contribution in [1.82, 2.24) is 4.98 Å². The predicted octanol–water partition coefficient (Wildman–Crippen LogP) is 1.36. The maximum atomic E-state index is 10.9. The van der Waals surface area contributed by atoms with E-state index in [9.17, 15) is 4.79 Å². The van der Waals surface area contributed by atoms with E-state index in [1.165, 1.54) is 31.9 Å². The summed E-state index contributed by atoms with van der Waals surface area (Å²) < 4.78 is 0. The lowest BCUT2D eigenvalue weighted by atomic mass is 9.79. The number of amides is 1. The minimum atomic E-state index is -0.450. The number of pyridine rings is 1. The monoisotopic (exact) mass is 262 g/mol. The van der Waals surface area contributed by atoms with Gasteiger partial charge in [0.05, 0.1) is 5.56 Å². The van der Waals surface area contributed by atoms with Crippen LogP contribution in [0.2, 0.25) is 0 Å². The zero-order valence-electron chi connectivity index (χ0n) is 11.1. The van der Waals surface area contributed by atoms with Crippen molar-refractivity contribution >= 4 is 11.7 Å². The van der Waals surface area contributed by atoms with E-state index in [2.05, 4.69) is 10.3 Å². The van der Waals surface area contributed by atoms with Crippen molar-refractivity contribution in [3.63, 3.8) is 0 Å². The predicted molar refractivity (Wildman–Crippen MR) is 75.7 cm³/mol. The summed E-state index contributed by atoms with van der Waals surface area (Å²) in [6.07, 6.45) is 6.55. The Hall–Kier alpha value is -1.62. The highest BCUT2D eigenvalue weighted by Crippen LogP contribution is 2.29. The van der Waals surface area contributed by atoms with Gasteiger partial charge < -0.3 is 16.8 Å². The van der Waals surface area contributed by atoms with Gasteiger partial charge in [0.25, 0.3) is 0 Å². The normalized spacial score (nSPS) is 23.0. The van der Waals surface area contributed by atoms with Crippen molar-refractivity contribution in [2.24, 2.45) is 23.3 Å². The molecule has 1 aromatic rings. The van der Waals surface area contributed by atoms with Crippen LogP contribution >= 0.6 is 0 Å². The summed E-state index contributed by atoms with van der Waals surface area (Å²) in [6.45, 7) is 1.66. The van der Waals surface area contributed by atoms with Crippen molar-refractivity contribution < 1.29 is 4.79 Å². The van der Waals surface area contributed by atoms with Gasteiger partial charge in [-0.25, -0.2) is 4.98 Å². The fourth-order valence-electron chi connectivity index (χ4n) is 2.74. The second-order valence-corrected chi connectivity index (χ2v) is 5.22. The number of hydrogen-bond acceptors (Lipinski definition) is 4. The lowest BCUT2D eigenvalue weighted by Gasteiger charge is -2.30. The van der Waals surface area contributed by atoms with Crippen molar-refractivity contribution in [2.75, 3.05) is 18.4 Å². The lowest BCUT2D eigenvalue weighted by molar-refractivity contribution is 0.1000. The molecular formula is C14H22N4O. The number of nitrogens with zero attached hydrogens (tertiary/aromatic N) is 1. The Morgan fingerprint density at radius 1 is 1.32 bits per heavy atom. The molecule has 1 amide bonds. The van der Waals surface area contributed by atoms with Crippen LogP contribution in [0, 0.1) is 11.8 Å². The molecular weight excluding hydrogens is 240 g/mol. The number of anilines is 1. The van der Waals surface area contributed by atoms with Crippen LogP contribution in [-0.2, 0) is 0 Å². The van der Waals surface area contributed by atoms with Gasteiger partial charge in [-0.3, -0.25) is 4.79 Å². The molecule has 104 valence electrons. The average molecular weight is 262 g/mol. The van der Waals surface area contributed by atoms with Crippen LogP contribution in [0.3, 0.4) is 0 Å². The summed E-state index contributed by atoms with van der Waals surface area (Å²) in [5.74, 6) is 1.57. The Bertz CT molecular complexity index is 418. The summed E-state index contributed by atoms with van der Waals surface area (Å²) >= 11 is 0. The molecule has 1 saturated carbocycles. The number of rotatable bonds is 5. The van der Waals surface area contributed by atoms with Gasteiger partial charge in [0.2, 0.25) is 5.91 Å². The van der Waals surface area contributed by atoms with E-state index >= 15 is 0 Å². The summed E-state index contributed by atoms with van der Waals surface area (Å²) in [5.41, 5.74) is 11.4. The molecule has 19 heavy (non-hydrogen) atoms. The van der Waals surface area contributed by atoms with Crippen LogP contribution in [0.1, 0.15) is 36.0 Å². The van der Waals surface area contributed by atoms with Gasteiger partial charge >= 0.3 is 0 Å². The molecule has 5 nitrogen and oxygen atoms in total. The number of carbonyl (C=O) groups excluding carboxylic acids is 1. The van der Waals surface area contributed by atoms with Crippen molar-refractivity contribution in [2.45, 2.75) is 25.7 Å². The molecule has 1 fully saturated rings. The molecule has 2 unspecified atom stereocenters. The van der Waals surface area contributed by atoms with E-state index in [0.29, 0.717) is 17.4 Å². The molecule has 0 aliphatic heterocycles. The Balaban J connectivity index is 1.88. The molecule has 0 bridgehead atoms. The van der Waals surface area contributed by atoms with Crippen LogP contribution in [0.25, 0.3) is 0 Å². The average Bonchev–Trinajstić information content (AvgIpc) is 2.45. The van der Waals surface area contributed by atoms with Crippen molar-refractivity contribution in [3.05, 3.63) is 23.9 Å². The maximum Gasteiger partial charge on any atom is 0.250 e. The molecule has 0 radical (unpaired) electrons. The molecule has 1 aliphatic rings. The van der Waals surface area contributed by atoms with Gasteiger partial charge in [0.1, 0.15) is 5.82 Å². The third-order valence-corrected chi connectivity index (χ3v) is 3.96. The standard InChI is InChI=1S/C14H22N4O/c15-7-10-3-1-2-4-11(10)8-17-13-6-5-12(9-18-13)14(16)19/h5-6,9-11H,1-4,7-8,15H2,(H2,16,19)(H,17,18). The number of nitrogens with one attached hydrogen (secondary N) is 1. The van der Waals surface area contributed by atoms with E-state index in [1.54, 1.807) is 12.1 Å². The minimum Gasteiger partial charge on any atom is -0.370 e. The molecule has 1 heterocycles. The molecule has 1 aliphatic carbocycles. The first kappa shape index (κ1) is 13.8. The first-order valence-corrected chi connectivity index (χ1v) is 6.90. The highest BCUT2D eigenvalue weighted by atomic mass is 16.1. The highest BCUT2D eigenvalue weighted by Gasteiger charge is 2.23. The van der Waals surface area contributed by atoms with Gasteiger partial charge in [-0.1, -0.05) is 12.8 Å². The number of aromatic nitrogens is 1. The van der Waals surface area contributed by atoms with Crippen LogP contribution in [0.15, 0.2) is 18.3 Å². The SMILES string of the molecule is NCC1CCCCC1CNc1ccc(C(N)=O)cn1. The lowest BCUT2D eigenvalue weighted by Crippen LogP contribution is -2.31. The Kier molecular flexibility index (Phi) is 4.74. The number of nitrogens with two attached hydrogens (primary N) is 2. The molecule has 1 aromatic heterocycles. The zero-order chi connectivity index (χ0) is 13.7. The van der Waals surface area contributed by atoms with E-state index in [0.717, 1.165) is 18.9 Å². The smallest absolute Gasteiger partial charge is 0.250 e.